The smallest absolute Gasteiger partial charge is 0.273 e. The third-order valence-corrected chi connectivity index (χ3v) is 3.78. The molecule has 6 heteroatoms. The molecule has 1 aromatic rings. The Bertz CT molecular complexity index is 467. The average molecular weight is 284 g/mol. The van der Waals surface area contributed by atoms with Gasteiger partial charge in [0.2, 0.25) is 0 Å². The molecule has 1 N–H and O–H groups in total. The molecule has 104 valence electrons. The largest absolute Gasteiger partial charge is 0.316 e. The Kier molecular flexibility index (Phi) is 4.74. The van der Waals surface area contributed by atoms with Crippen molar-refractivity contribution in [2.24, 2.45) is 0 Å². The summed E-state index contributed by atoms with van der Waals surface area (Å²) in [5, 5.41) is 14.8. The Hall–Kier alpha value is -1.17. The molecule has 1 unspecified atom stereocenters. The molecule has 1 saturated heterocycles. The Morgan fingerprint density at radius 2 is 2.37 bits per heavy atom. The molecule has 1 atom stereocenters. The molecule has 0 bridgehead atoms. The summed E-state index contributed by atoms with van der Waals surface area (Å²) >= 11 is 5.94. The Balaban J connectivity index is 2.13. The summed E-state index contributed by atoms with van der Waals surface area (Å²) in [4.78, 5) is 12.9. The predicted molar refractivity (Wildman–Crippen MR) is 75.5 cm³/mol. The van der Waals surface area contributed by atoms with Gasteiger partial charge in [-0.15, -0.1) is 0 Å². The summed E-state index contributed by atoms with van der Waals surface area (Å²) in [6.45, 7) is 2.47. The average Bonchev–Trinajstić information content (AvgIpc) is 2.38. The summed E-state index contributed by atoms with van der Waals surface area (Å²) in [6.07, 6.45) is 2.27. The summed E-state index contributed by atoms with van der Waals surface area (Å²) in [5.41, 5.74) is 0.838. The second-order valence-electron chi connectivity index (χ2n) is 4.89. The summed E-state index contributed by atoms with van der Waals surface area (Å²) in [7, 11) is 1.95. The first-order chi connectivity index (χ1) is 9.10. The van der Waals surface area contributed by atoms with E-state index in [9.17, 15) is 10.1 Å². The van der Waals surface area contributed by atoms with E-state index in [2.05, 4.69) is 10.2 Å². The number of rotatable bonds is 4. The lowest BCUT2D eigenvalue weighted by Crippen LogP contribution is -2.43. The maximum atomic E-state index is 11.0. The molecule has 1 aliphatic heterocycles. The minimum Gasteiger partial charge on any atom is -0.316 e. The molecule has 2 rings (SSSR count). The first-order valence-electron chi connectivity index (χ1n) is 6.42. The van der Waals surface area contributed by atoms with Gasteiger partial charge in [0.15, 0.2) is 0 Å². The number of hydrogen-bond donors (Lipinski definition) is 1. The maximum Gasteiger partial charge on any atom is 0.273 e. The van der Waals surface area contributed by atoms with Crippen molar-refractivity contribution in [2.75, 3.05) is 20.1 Å². The fraction of sp³-hybridized carbons (Fsp3) is 0.538. The molecule has 1 fully saturated rings. The van der Waals surface area contributed by atoms with Gasteiger partial charge in [0.1, 0.15) is 0 Å². The lowest BCUT2D eigenvalue weighted by molar-refractivity contribution is -0.385. The molecular weight excluding hydrogens is 266 g/mol. The topological polar surface area (TPSA) is 58.4 Å². The van der Waals surface area contributed by atoms with Crippen molar-refractivity contribution in [3.05, 3.63) is 38.9 Å². The van der Waals surface area contributed by atoms with Crippen LogP contribution in [0.3, 0.4) is 0 Å². The van der Waals surface area contributed by atoms with Crippen LogP contribution in [0, 0.1) is 10.1 Å². The van der Waals surface area contributed by atoms with Crippen LogP contribution in [0.1, 0.15) is 18.4 Å². The first-order valence-corrected chi connectivity index (χ1v) is 6.80. The Morgan fingerprint density at radius 1 is 1.58 bits per heavy atom. The van der Waals surface area contributed by atoms with Gasteiger partial charge < -0.3 is 5.32 Å². The van der Waals surface area contributed by atoms with E-state index in [0.717, 1.165) is 25.9 Å². The van der Waals surface area contributed by atoms with Gasteiger partial charge in [0.25, 0.3) is 5.69 Å². The molecule has 0 saturated carbocycles. The summed E-state index contributed by atoms with van der Waals surface area (Å²) in [6, 6.07) is 5.21. The quantitative estimate of drug-likeness (QED) is 0.681. The number of nitro benzene ring substituents is 1. The molecular formula is C13H18ClN3O2. The molecule has 1 heterocycles. The monoisotopic (exact) mass is 283 g/mol. The molecule has 0 aromatic heterocycles. The number of likely N-dealkylation sites (tertiary alicyclic amines) is 1. The molecule has 0 amide bonds. The van der Waals surface area contributed by atoms with Crippen LogP contribution in [0.25, 0.3) is 0 Å². The number of nitrogens with zero attached hydrogens (tertiary/aromatic N) is 2. The first kappa shape index (κ1) is 14.2. The fourth-order valence-electron chi connectivity index (χ4n) is 2.53. The molecule has 0 spiro atoms. The van der Waals surface area contributed by atoms with E-state index in [1.807, 2.05) is 7.05 Å². The third-order valence-electron chi connectivity index (χ3n) is 3.55. The normalized spacial score (nSPS) is 20.4. The molecule has 5 nitrogen and oxygen atoms in total. The van der Waals surface area contributed by atoms with Crippen LogP contribution >= 0.6 is 11.6 Å². The highest BCUT2D eigenvalue weighted by Gasteiger charge is 2.22. The number of nitro groups is 1. The van der Waals surface area contributed by atoms with Crippen molar-refractivity contribution in [2.45, 2.75) is 25.4 Å². The van der Waals surface area contributed by atoms with Crippen LogP contribution in [0.4, 0.5) is 5.69 Å². The standard InChI is InChI=1S/C13H18ClN3O2/c1-15-12-3-2-6-16(9-12)8-10-7-11(14)4-5-13(10)17(18)19/h4-5,7,12,15H,2-3,6,8-9H2,1H3. The van der Waals surface area contributed by atoms with E-state index < -0.39 is 0 Å². The molecule has 0 radical (unpaired) electrons. The predicted octanol–water partition coefficient (Wildman–Crippen LogP) is 2.43. The third kappa shape index (κ3) is 3.65. The number of piperidine rings is 1. The van der Waals surface area contributed by atoms with Crippen molar-refractivity contribution in [1.29, 1.82) is 0 Å². The van der Waals surface area contributed by atoms with E-state index in [1.165, 1.54) is 6.07 Å². The SMILES string of the molecule is CNC1CCCN(Cc2cc(Cl)ccc2[N+](=O)[O-])C1. The zero-order valence-corrected chi connectivity index (χ0v) is 11.7. The fourth-order valence-corrected chi connectivity index (χ4v) is 2.73. The highest BCUT2D eigenvalue weighted by Crippen LogP contribution is 2.25. The van der Waals surface area contributed by atoms with Crippen molar-refractivity contribution in [3.8, 4) is 0 Å². The molecule has 0 aliphatic carbocycles. The van der Waals surface area contributed by atoms with Gasteiger partial charge in [-0.3, -0.25) is 15.0 Å². The highest BCUT2D eigenvalue weighted by molar-refractivity contribution is 6.30. The van der Waals surface area contributed by atoms with Gasteiger partial charge >= 0.3 is 0 Å². The molecule has 19 heavy (non-hydrogen) atoms. The van der Waals surface area contributed by atoms with Gasteiger partial charge in [0.05, 0.1) is 4.92 Å². The van der Waals surface area contributed by atoms with Gasteiger partial charge in [-0.1, -0.05) is 11.6 Å². The van der Waals surface area contributed by atoms with Crippen molar-refractivity contribution >= 4 is 17.3 Å². The zero-order valence-electron chi connectivity index (χ0n) is 10.9. The summed E-state index contributed by atoms with van der Waals surface area (Å²) < 4.78 is 0. The van der Waals surface area contributed by atoms with E-state index in [1.54, 1.807) is 12.1 Å². The van der Waals surface area contributed by atoms with Gasteiger partial charge in [-0.05, 0) is 38.6 Å². The van der Waals surface area contributed by atoms with Gasteiger partial charge in [-0.2, -0.15) is 0 Å². The van der Waals surface area contributed by atoms with Crippen LogP contribution in [0.5, 0.6) is 0 Å². The minimum atomic E-state index is -0.342. The summed E-state index contributed by atoms with van der Waals surface area (Å²) in [5.74, 6) is 0. The highest BCUT2D eigenvalue weighted by atomic mass is 35.5. The Morgan fingerprint density at radius 3 is 3.05 bits per heavy atom. The van der Waals surface area contributed by atoms with E-state index in [-0.39, 0.29) is 10.6 Å². The number of nitrogens with one attached hydrogen (secondary N) is 1. The molecule has 1 aromatic carbocycles. The zero-order chi connectivity index (χ0) is 13.8. The lowest BCUT2D eigenvalue weighted by atomic mass is 10.0. The lowest BCUT2D eigenvalue weighted by Gasteiger charge is -2.32. The number of halogens is 1. The van der Waals surface area contributed by atoms with Crippen LogP contribution < -0.4 is 5.32 Å². The van der Waals surface area contributed by atoms with Crippen LogP contribution in [-0.4, -0.2) is 36.0 Å². The van der Waals surface area contributed by atoms with Crippen molar-refractivity contribution in [3.63, 3.8) is 0 Å². The Labute approximate surface area is 117 Å². The van der Waals surface area contributed by atoms with E-state index in [4.69, 9.17) is 11.6 Å². The van der Waals surface area contributed by atoms with Crippen molar-refractivity contribution < 1.29 is 4.92 Å². The van der Waals surface area contributed by atoms with E-state index in [0.29, 0.717) is 23.2 Å². The van der Waals surface area contributed by atoms with Crippen LogP contribution in [0.15, 0.2) is 18.2 Å². The van der Waals surface area contributed by atoms with Gasteiger partial charge in [0, 0.05) is 35.8 Å². The van der Waals surface area contributed by atoms with Gasteiger partial charge in [-0.25, -0.2) is 0 Å². The van der Waals surface area contributed by atoms with Crippen LogP contribution in [-0.2, 0) is 6.54 Å². The van der Waals surface area contributed by atoms with Crippen molar-refractivity contribution in [1.82, 2.24) is 10.2 Å². The number of likely N-dealkylation sites (N-methyl/N-ethyl adjacent to an activating group) is 1. The maximum absolute atomic E-state index is 11.0. The second-order valence-corrected chi connectivity index (χ2v) is 5.33. The van der Waals surface area contributed by atoms with Crippen LogP contribution in [0.2, 0.25) is 5.02 Å². The van der Waals surface area contributed by atoms with E-state index >= 15 is 0 Å². The number of benzene rings is 1. The minimum absolute atomic E-state index is 0.149. The molecule has 1 aliphatic rings. The second kappa shape index (κ2) is 6.32. The number of hydrogen-bond acceptors (Lipinski definition) is 4.